The van der Waals surface area contributed by atoms with E-state index in [2.05, 4.69) is 4.98 Å². The lowest BCUT2D eigenvalue weighted by molar-refractivity contribution is 0.527. The molecule has 0 aliphatic carbocycles. The lowest BCUT2D eigenvalue weighted by atomic mass is 10.1. The average molecular weight is 245 g/mol. The van der Waals surface area contributed by atoms with Crippen LogP contribution in [0.4, 0.5) is 10.2 Å². The van der Waals surface area contributed by atoms with Crippen LogP contribution in [-0.4, -0.2) is 9.55 Å². The fourth-order valence-corrected chi connectivity index (χ4v) is 2.53. The maximum Gasteiger partial charge on any atom is 0.132 e. The van der Waals surface area contributed by atoms with Crippen molar-refractivity contribution in [2.45, 2.75) is 32.7 Å². The van der Waals surface area contributed by atoms with Crippen LogP contribution >= 0.6 is 0 Å². The van der Waals surface area contributed by atoms with E-state index in [1.165, 1.54) is 6.07 Å². The molecule has 0 radical (unpaired) electrons. The van der Waals surface area contributed by atoms with Crippen LogP contribution in [0.2, 0.25) is 0 Å². The van der Waals surface area contributed by atoms with Crippen LogP contribution in [0.15, 0.2) is 18.2 Å². The van der Waals surface area contributed by atoms with E-state index in [9.17, 15) is 4.39 Å². The Hall–Kier alpha value is -1.84. The van der Waals surface area contributed by atoms with Crippen LogP contribution in [-0.2, 0) is 13.0 Å². The van der Waals surface area contributed by atoms with Gasteiger partial charge in [-0.25, -0.2) is 9.37 Å². The Kier molecular flexibility index (Phi) is 2.58. The van der Waals surface area contributed by atoms with E-state index in [0.29, 0.717) is 17.1 Å². The van der Waals surface area contributed by atoms with Crippen molar-refractivity contribution in [3.8, 4) is 11.3 Å². The van der Waals surface area contributed by atoms with Crippen LogP contribution in [0.3, 0.4) is 0 Å². The molecule has 0 amide bonds. The van der Waals surface area contributed by atoms with Gasteiger partial charge in [0.05, 0.1) is 0 Å². The van der Waals surface area contributed by atoms with Gasteiger partial charge in [0.25, 0.3) is 0 Å². The highest BCUT2D eigenvalue weighted by Crippen LogP contribution is 2.31. The third-order valence-electron chi connectivity index (χ3n) is 3.49. The minimum atomic E-state index is -0.261. The minimum Gasteiger partial charge on any atom is -0.383 e. The van der Waals surface area contributed by atoms with Gasteiger partial charge in [-0.1, -0.05) is 11.6 Å². The van der Waals surface area contributed by atoms with E-state index in [4.69, 9.17) is 5.73 Å². The predicted molar refractivity (Wildman–Crippen MR) is 69.7 cm³/mol. The molecule has 0 fully saturated rings. The van der Waals surface area contributed by atoms with Crippen LogP contribution in [0.5, 0.6) is 0 Å². The van der Waals surface area contributed by atoms with Crippen molar-refractivity contribution in [1.82, 2.24) is 9.55 Å². The highest BCUT2D eigenvalue weighted by Gasteiger charge is 2.20. The van der Waals surface area contributed by atoms with Crippen molar-refractivity contribution in [3.05, 3.63) is 35.4 Å². The molecule has 3 nitrogen and oxygen atoms in total. The number of aromatic nitrogens is 2. The zero-order valence-electron chi connectivity index (χ0n) is 10.4. The summed E-state index contributed by atoms with van der Waals surface area (Å²) in [7, 11) is 0. The summed E-state index contributed by atoms with van der Waals surface area (Å²) in [5.41, 5.74) is 8.22. The van der Waals surface area contributed by atoms with Crippen molar-refractivity contribution in [3.63, 3.8) is 0 Å². The first-order valence-corrected chi connectivity index (χ1v) is 6.28. The van der Waals surface area contributed by atoms with Crippen molar-refractivity contribution in [2.24, 2.45) is 0 Å². The molecule has 2 heterocycles. The summed E-state index contributed by atoms with van der Waals surface area (Å²) in [6.45, 7) is 2.83. The number of anilines is 1. The Bertz CT molecular complexity index is 601. The van der Waals surface area contributed by atoms with Crippen molar-refractivity contribution >= 4 is 5.82 Å². The smallest absolute Gasteiger partial charge is 0.132 e. The molecule has 1 aromatic heterocycles. The summed E-state index contributed by atoms with van der Waals surface area (Å²) in [6, 6.07) is 5.04. The van der Waals surface area contributed by atoms with E-state index in [1.807, 2.05) is 11.5 Å². The van der Waals surface area contributed by atoms with Gasteiger partial charge >= 0.3 is 0 Å². The van der Waals surface area contributed by atoms with Crippen LogP contribution in [0.25, 0.3) is 11.3 Å². The van der Waals surface area contributed by atoms with E-state index in [1.54, 1.807) is 12.1 Å². The monoisotopic (exact) mass is 245 g/mol. The molecule has 2 N–H and O–H groups in total. The Morgan fingerprint density at radius 3 is 2.94 bits per heavy atom. The largest absolute Gasteiger partial charge is 0.383 e. The Labute approximate surface area is 105 Å². The molecule has 1 aromatic carbocycles. The second-order valence-corrected chi connectivity index (χ2v) is 4.85. The van der Waals surface area contributed by atoms with Gasteiger partial charge in [0.15, 0.2) is 0 Å². The molecule has 0 saturated carbocycles. The summed E-state index contributed by atoms with van der Waals surface area (Å²) in [6.07, 6.45) is 3.17. The Morgan fingerprint density at radius 1 is 1.33 bits per heavy atom. The van der Waals surface area contributed by atoms with Gasteiger partial charge in [-0.3, -0.25) is 0 Å². The van der Waals surface area contributed by atoms with Gasteiger partial charge in [-0.15, -0.1) is 0 Å². The van der Waals surface area contributed by atoms with Gasteiger partial charge < -0.3 is 10.3 Å². The molecule has 0 bridgehead atoms. The van der Waals surface area contributed by atoms with Gasteiger partial charge in [-0.05, 0) is 31.9 Å². The SMILES string of the molecule is Cc1ccc(F)c(-c2nc3n(c2N)CCCC3)c1. The van der Waals surface area contributed by atoms with E-state index < -0.39 is 0 Å². The molecule has 2 aromatic rings. The van der Waals surface area contributed by atoms with Crippen LogP contribution < -0.4 is 5.73 Å². The van der Waals surface area contributed by atoms with E-state index in [-0.39, 0.29) is 5.82 Å². The number of nitrogen functional groups attached to an aromatic ring is 1. The first-order chi connectivity index (χ1) is 8.66. The molecule has 0 spiro atoms. The number of imidazole rings is 1. The fraction of sp³-hybridized carbons (Fsp3) is 0.357. The average Bonchev–Trinajstić information content (AvgIpc) is 2.71. The number of nitrogens with zero attached hydrogens (tertiary/aromatic N) is 2. The minimum absolute atomic E-state index is 0.261. The summed E-state index contributed by atoms with van der Waals surface area (Å²) in [4.78, 5) is 4.52. The third kappa shape index (κ3) is 1.68. The van der Waals surface area contributed by atoms with E-state index in [0.717, 1.165) is 37.2 Å². The van der Waals surface area contributed by atoms with Crippen LogP contribution in [0.1, 0.15) is 24.2 Å². The maximum absolute atomic E-state index is 13.9. The number of halogens is 1. The molecule has 1 aliphatic rings. The maximum atomic E-state index is 13.9. The molecule has 0 atom stereocenters. The molecular weight excluding hydrogens is 229 g/mol. The predicted octanol–water partition coefficient (Wildman–Crippen LogP) is 2.92. The first-order valence-electron chi connectivity index (χ1n) is 6.28. The fourth-order valence-electron chi connectivity index (χ4n) is 2.53. The summed E-state index contributed by atoms with van der Waals surface area (Å²) >= 11 is 0. The molecule has 0 saturated heterocycles. The second-order valence-electron chi connectivity index (χ2n) is 4.85. The zero-order chi connectivity index (χ0) is 12.7. The molecule has 18 heavy (non-hydrogen) atoms. The van der Waals surface area contributed by atoms with Gasteiger partial charge in [-0.2, -0.15) is 0 Å². The molecule has 94 valence electrons. The number of benzene rings is 1. The zero-order valence-corrected chi connectivity index (χ0v) is 10.4. The normalized spacial score (nSPS) is 14.6. The van der Waals surface area contributed by atoms with Gasteiger partial charge in [0, 0.05) is 18.5 Å². The molecule has 0 unspecified atom stereocenters. The first kappa shape index (κ1) is 11.3. The number of hydrogen-bond acceptors (Lipinski definition) is 2. The quantitative estimate of drug-likeness (QED) is 0.839. The second kappa shape index (κ2) is 4.12. The number of hydrogen-bond donors (Lipinski definition) is 1. The third-order valence-corrected chi connectivity index (χ3v) is 3.49. The van der Waals surface area contributed by atoms with Gasteiger partial charge in [0.1, 0.15) is 23.2 Å². The molecule has 4 heteroatoms. The lowest BCUT2D eigenvalue weighted by Gasteiger charge is -2.14. The van der Waals surface area contributed by atoms with Crippen molar-refractivity contribution < 1.29 is 4.39 Å². The number of nitrogens with two attached hydrogens (primary N) is 1. The highest BCUT2D eigenvalue weighted by atomic mass is 19.1. The lowest BCUT2D eigenvalue weighted by Crippen LogP contribution is -2.12. The summed E-state index contributed by atoms with van der Waals surface area (Å²) in [5, 5.41) is 0. The van der Waals surface area contributed by atoms with Crippen molar-refractivity contribution in [2.75, 3.05) is 5.73 Å². The molecule has 1 aliphatic heterocycles. The Morgan fingerprint density at radius 2 is 2.17 bits per heavy atom. The Balaban J connectivity index is 2.17. The molecule has 3 rings (SSSR count). The number of rotatable bonds is 1. The highest BCUT2D eigenvalue weighted by molar-refractivity contribution is 5.72. The van der Waals surface area contributed by atoms with Gasteiger partial charge in [0.2, 0.25) is 0 Å². The number of aryl methyl sites for hydroxylation is 2. The topological polar surface area (TPSA) is 43.8 Å². The summed E-state index contributed by atoms with van der Waals surface area (Å²) in [5.74, 6) is 1.31. The standard InChI is InChI=1S/C14H16FN3/c1-9-5-6-11(15)10(8-9)13-14(16)18-7-3-2-4-12(18)17-13/h5-6,8H,2-4,7,16H2,1H3. The summed E-state index contributed by atoms with van der Waals surface area (Å²) < 4.78 is 15.9. The van der Waals surface area contributed by atoms with E-state index >= 15 is 0 Å². The van der Waals surface area contributed by atoms with Crippen molar-refractivity contribution in [1.29, 1.82) is 0 Å². The van der Waals surface area contributed by atoms with Crippen LogP contribution in [0, 0.1) is 12.7 Å². The molecular formula is C14H16FN3. The number of fused-ring (bicyclic) bond motifs is 1.